The van der Waals surface area contributed by atoms with Crippen molar-refractivity contribution < 1.29 is 27.9 Å². The minimum atomic E-state index is -4.99. The van der Waals surface area contributed by atoms with E-state index in [2.05, 4.69) is 10.5 Å². The number of alkyl halides is 3. The van der Waals surface area contributed by atoms with Gasteiger partial charge in [0, 0.05) is 5.69 Å². The molecule has 0 unspecified atom stereocenters. The molecule has 0 aliphatic heterocycles. The second kappa shape index (κ2) is 9.66. The van der Waals surface area contributed by atoms with Crippen LogP contribution in [-0.4, -0.2) is 28.8 Å². The number of rotatable bonds is 6. The number of anilines is 1. The Morgan fingerprint density at radius 2 is 1.27 bits per heavy atom. The van der Waals surface area contributed by atoms with Gasteiger partial charge in [0.15, 0.2) is 5.60 Å². The monoisotopic (exact) mass is 455 g/mol. The highest BCUT2D eigenvalue weighted by Gasteiger charge is 2.40. The molecule has 2 amide bonds. The van der Waals surface area contributed by atoms with Gasteiger partial charge in [0.1, 0.15) is 0 Å². The number of benzene rings is 3. The molecule has 0 radical (unpaired) electrons. The van der Waals surface area contributed by atoms with Crippen molar-refractivity contribution in [1.82, 2.24) is 5.43 Å². The zero-order chi connectivity index (χ0) is 24.1. The molecule has 0 saturated heterocycles. The standard InChI is InChI=1S/C24H20F3N3O3/c1-16(17-12-14-20(15-13-17)28-22(32)24(25,26)27)29-30-21(31)23(33,18-8-4-2-5-9-18)19-10-6-3-7-11-19/h2-15,33H,1H3,(H,28,32)(H,30,31)/b29-16-. The predicted molar refractivity (Wildman–Crippen MR) is 117 cm³/mol. The van der Waals surface area contributed by atoms with E-state index in [0.29, 0.717) is 22.4 Å². The van der Waals surface area contributed by atoms with Crippen LogP contribution in [0.2, 0.25) is 0 Å². The number of hydrogen-bond donors (Lipinski definition) is 3. The number of nitrogens with one attached hydrogen (secondary N) is 2. The molecule has 3 rings (SSSR count). The van der Waals surface area contributed by atoms with Gasteiger partial charge in [-0.3, -0.25) is 9.59 Å². The fraction of sp³-hybridized carbons (Fsp3) is 0.125. The Labute approximate surface area is 187 Å². The second-order valence-electron chi connectivity index (χ2n) is 7.11. The molecule has 33 heavy (non-hydrogen) atoms. The number of carbonyl (C=O) groups excluding carboxylic acids is 2. The van der Waals surface area contributed by atoms with Crippen LogP contribution >= 0.6 is 0 Å². The highest BCUT2D eigenvalue weighted by atomic mass is 19.4. The SMILES string of the molecule is C/C(=N/NC(=O)C(O)(c1ccccc1)c1ccccc1)c1ccc(NC(=O)C(F)(F)F)cc1. The van der Waals surface area contributed by atoms with Crippen LogP contribution in [0.4, 0.5) is 18.9 Å². The number of aliphatic hydroxyl groups is 1. The lowest BCUT2D eigenvalue weighted by Gasteiger charge is -2.27. The van der Waals surface area contributed by atoms with Crippen LogP contribution in [0.5, 0.6) is 0 Å². The third-order valence-corrected chi connectivity index (χ3v) is 4.85. The first kappa shape index (κ1) is 23.7. The van der Waals surface area contributed by atoms with Crippen LogP contribution in [0, 0.1) is 0 Å². The fourth-order valence-corrected chi connectivity index (χ4v) is 3.06. The summed E-state index contributed by atoms with van der Waals surface area (Å²) in [7, 11) is 0. The van der Waals surface area contributed by atoms with Crippen molar-refractivity contribution >= 4 is 23.2 Å². The van der Waals surface area contributed by atoms with Gasteiger partial charge in [-0.05, 0) is 35.7 Å². The summed E-state index contributed by atoms with van der Waals surface area (Å²) in [6, 6.07) is 22.3. The zero-order valence-corrected chi connectivity index (χ0v) is 17.4. The Morgan fingerprint density at radius 1 is 0.788 bits per heavy atom. The molecular weight excluding hydrogens is 435 g/mol. The van der Waals surface area contributed by atoms with E-state index < -0.39 is 23.6 Å². The molecule has 0 atom stereocenters. The summed E-state index contributed by atoms with van der Waals surface area (Å²) in [5, 5.41) is 17.2. The average Bonchev–Trinajstić information content (AvgIpc) is 2.82. The van der Waals surface area contributed by atoms with Gasteiger partial charge >= 0.3 is 12.1 Å². The van der Waals surface area contributed by atoms with E-state index in [9.17, 15) is 27.9 Å². The minimum Gasteiger partial charge on any atom is -0.372 e. The van der Waals surface area contributed by atoms with Crippen molar-refractivity contribution in [3.63, 3.8) is 0 Å². The van der Waals surface area contributed by atoms with Crippen molar-refractivity contribution in [2.45, 2.75) is 18.7 Å². The molecule has 0 bridgehead atoms. The largest absolute Gasteiger partial charge is 0.471 e. The van der Waals surface area contributed by atoms with Gasteiger partial charge in [-0.15, -0.1) is 0 Å². The van der Waals surface area contributed by atoms with Crippen LogP contribution in [0.25, 0.3) is 0 Å². The van der Waals surface area contributed by atoms with E-state index in [-0.39, 0.29) is 5.69 Å². The molecule has 0 fully saturated rings. The van der Waals surface area contributed by atoms with Crippen LogP contribution in [0.15, 0.2) is 90.0 Å². The Bertz CT molecular complexity index is 1110. The van der Waals surface area contributed by atoms with Crippen molar-refractivity contribution in [3.8, 4) is 0 Å². The topological polar surface area (TPSA) is 90.8 Å². The normalized spacial score (nSPS) is 12.2. The van der Waals surface area contributed by atoms with Gasteiger partial charge in [0.2, 0.25) is 0 Å². The number of amides is 2. The minimum absolute atomic E-state index is 0.0413. The van der Waals surface area contributed by atoms with Crippen molar-refractivity contribution in [2.24, 2.45) is 5.10 Å². The highest BCUT2D eigenvalue weighted by molar-refractivity contribution is 6.01. The van der Waals surface area contributed by atoms with Gasteiger partial charge in [-0.1, -0.05) is 72.8 Å². The number of nitrogens with zero attached hydrogens (tertiary/aromatic N) is 1. The van der Waals surface area contributed by atoms with E-state index in [1.807, 2.05) is 0 Å². The molecule has 170 valence electrons. The molecule has 3 aromatic carbocycles. The first-order valence-corrected chi connectivity index (χ1v) is 9.79. The maximum atomic E-state index is 13.0. The van der Waals surface area contributed by atoms with Crippen LogP contribution in [-0.2, 0) is 15.2 Å². The molecule has 0 aromatic heterocycles. The third kappa shape index (κ3) is 5.45. The summed E-state index contributed by atoms with van der Waals surface area (Å²) in [5.41, 5.74) is 1.85. The highest BCUT2D eigenvalue weighted by Crippen LogP contribution is 2.30. The van der Waals surface area contributed by atoms with Crippen LogP contribution in [0.3, 0.4) is 0 Å². The summed E-state index contributed by atoms with van der Waals surface area (Å²) < 4.78 is 37.1. The molecule has 0 heterocycles. The lowest BCUT2D eigenvalue weighted by atomic mass is 9.85. The average molecular weight is 455 g/mol. The van der Waals surface area contributed by atoms with Crippen LogP contribution < -0.4 is 10.7 Å². The predicted octanol–water partition coefficient (Wildman–Crippen LogP) is 3.96. The van der Waals surface area contributed by atoms with Crippen molar-refractivity contribution in [3.05, 3.63) is 102 Å². The fourth-order valence-electron chi connectivity index (χ4n) is 3.06. The maximum absolute atomic E-state index is 13.0. The second-order valence-corrected chi connectivity index (χ2v) is 7.11. The van der Waals surface area contributed by atoms with E-state index in [0.717, 1.165) is 0 Å². The van der Waals surface area contributed by atoms with Gasteiger partial charge in [-0.2, -0.15) is 18.3 Å². The Morgan fingerprint density at radius 3 is 1.73 bits per heavy atom. The van der Waals surface area contributed by atoms with E-state index >= 15 is 0 Å². The molecule has 0 spiro atoms. The molecule has 0 aliphatic carbocycles. The molecule has 0 aliphatic rings. The third-order valence-electron chi connectivity index (χ3n) is 4.85. The number of halogens is 3. The molecule has 0 saturated carbocycles. The van der Waals surface area contributed by atoms with E-state index in [1.54, 1.807) is 72.9 Å². The number of carbonyl (C=O) groups is 2. The number of hydrazone groups is 1. The number of hydrogen-bond acceptors (Lipinski definition) is 4. The van der Waals surface area contributed by atoms with Crippen LogP contribution in [0.1, 0.15) is 23.6 Å². The van der Waals surface area contributed by atoms with Crippen molar-refractivity contribution in [2.75, 3.05) is 5.32 Å². The molecule has 3 aromatic rings. The summed E-state index contributed by atoms with van der Waals surface area (Å²) in [5.74, 6) is -2.86. The lowest BCUT2D eigenvalue weighted by molar-refractivity contribution is -0.167. The van der Waals surface area contributed by atoms with Gasteiger partial charge in [0.05, 0.1) is 5.71 Å². The van der Waals surface area contributed by atoms with E-state index in [1.165, 1.54) is 24.3 Å². The zero-order valence-electron chi connectivity index (χ0n) is 17.4. The molecule has 9 heteroatoms. The first-order valence-electron chi connectivity index (χ1n) is 9.79. The quantitative estimate of drug-likeness (QED) is 0.388. The van der Waals surface area contributed by atoms with Gasteiger partial charge < -0.3 is 10.4 Å². The Hall–Kier alpha value is -3.98. The maximum Gasteiger partial charge on any atom is 0.471 e. The Kier molecular flexibility index (Phi) is 6.93. The first-order chi connectivity index (χ1) is 15.6. The smallest absolute Gasteiger partial charge is 0.372 e. The van der Waals surface area contributed by atoms with Crippen molar-refractivity contribution in [1.29, 1.82) is 0 Å². The lowest BCUT2D eigenvalue weighted by Crippen LogP contribution is -2.43. The summed E-state index contributed by atoms with van der Waals surface area (Å²) in [6.07, 6.45) is -4.99. The summed E-state index contributed by atoms with van der Waals surface area (Å²) in [6.45, 7) is 1.58. The Balaban J connectivity index is 1.80. The summed E-state index contributed by atoms with van der Waals surface area (Å²) >= 11 is 0. The van der Waals surface area contributed by atoms with Gasteiger partial charge in [0.25, 0.3) is 5.91 Å². The molecular formula is C24H20F3N3O3. The van der Waals surface area contributed by atoms with Gasteiger partial charge in [-0.25, -0.2) is 5.43 Å². The molecule has 3 N–H and O–H groups in total. The summed E-state index contributed by atoms with van der Waals surface area (Å²) in [4.78, 5) is 24.1. The molecule has 6 nitrogen and oxygen atoms in total. The van der Waals surface area contributed by atoms with E-state index in [4.69, 9.17) is 0 Å².